The van der Waals surface area contributed by atoms with Gasteiger partial charge in [0.2, 0.25) is 0 Å². The number of hydrogen-bond donors (Lipinski definition) is 1. The number of unbranched alkanes of at least 4 members (excludes halogenated alkanes) is 1. The summed E-state index contributed by atoms with van der Waals surface area (Å²) in [6, 6.07) is 7.23. The fourth-order valence-corrected chi connectivity index (χ4v) is 3.00. The summed E-state index contributed by atoms with van der Waals surface area (Å²) in [6.45, 7) is 9.04. The maximum Gasteiger partial charge on any atom is 0.382 e. The molecule has 4 nitrogen and oxygen atoms in total. The molecule has 0 spiro atoms. The summed E-state index contributed by atoms with van der Waals surface area (Å²) in [7, 11) is -3.72. The molecule has 0 saturated carbocycles. The van der Waals surface area contributed by atoms with E-state index in [1.807, 2.05) is 12.1 Å². The molecule has 0 amide bonds. The van der Waals surface area contributed by atoms with Crippen LogP contribution < -0.4 is 8.91 Å². The minimum absolute atomic E-state index is 0.349. The molecule has 22 heavy (non-hydrogen) atoms. The van der Waals surface area contributed by atoms with Gasteiger partial charge in [0.1, 0.15) is 5.75 Å². The highest BCUT2D eigenvalue weighted by molar-refractivity contribution is 7.85. The normalized spacial score (nSPS) is 12.1. The molecule has 0 radical (unpaired) electrons. The van der Waals surface area contributed by atoms with Crippen molar-refractivity contribution < 1.29 is 12.6 Å². The first-order valence-electron chi connectivity index (χ1n) is 8.06. The molecular formula is C17H29NO3S. The summed E-state index contributed by atoms with van der Waals surface area (Å²) >= 11 is 0. The van der Waals surface area contributed by atoms with E-state index >= 15 is 0 Å². The van der Waals surface area contributed by atoms with E-state index in [1.165, 1.54) is 5.56 Å². The van der Waals surface area contributed by atoms with Crippen molar-refractivity contribution in [1.82, 2.24) is 4.72 Å². The maximum atomic E-state index is 11.8. The van der Waals surface area contributed by atoms with Gasteiger partial charge in [0.15, 0.2) is 0 Å². The number of nitrogens with one attached hydrogen (secondary N) is 1. The van der Waals surface area contributed by atoms with Crippen LogP contribution in [-0.4, -0.2) is 15.0 Å². The highest BCUT2D eigenvalue weighted by Gasteiger charge is 2.11. The molecule has 0 unspecified atom stereocenters. The Hall–Kier alpha value is -1.07. The van der Waals surface area contributed by atoms with Gasteiger partial charge in [-0.25, -0.2) is 0 Å². The zero-order chi connectivity index (χ0) is 16.6. The summed E-state index contributed by atoms with van der Waals surface area (Å²) in [6.07, 6.45) is 3.93. The zero-order valence-corrected chi connectivity index (χ0v) is 14.9. The zero-order valence-electron chi connectivity index (χ0n) is 14.1. The first kappa shape index (κ1) is 19.0. The Morgan fingerprint density at radius 3 is 2.18 bits per heavy atom. The molecule has 0 bridgehead atoms. The Balaban J connectivity index is 2.40. The van der Waals surface area contributed by atoms with Crippen LogP contribution in [-0.2, 0) is 16.7 Å². The molecule has 0 aliphatic heterocycles. The summed E-state index contributed by atoms with van der Waals surface area (Å²) in [5, 5.41) is 0. The van der Waals surface area contributed by atoms with Gasteiger partial charge in [0.05, 0.1) is 0 Å². The molecule has 0 saturated heterocycles. The van der Waals surface area contributed by atoms with Gasteiger partial charge in [-0.15, -0.1) is 0 Å². The van der Waals surface area contributed by atoms with E-state index in [0.29, 0.717) is 24.1 Å². The lowest BCUT2D eigenvalue weighted by atomic mass is 10.0. The predicted molar refractivity (Wildman–Crippen MR) is 91.2 cm³/mol. The Bertz CT molecular complexity index is 521. The lowest BCUT2D eigenvalue weighted by Gasteiger charge is -2.10. The molecule has 0 fully saturated rings. The van der Waals surface area contributed by atoms with Crippen molar-refractivity contribution in [1.29, 1.82) is 0 Å². The molecule has 126 valence electrons. The summed E-state index contributed by atoms with van der Waals surface area (Å²) in [5.74, 6) is 1.57. The predicted octanol–water partition coefficient (Wildman–Crippen LogP) is 3.92. The summed E-state index contributed by atoms with van der Waals surface area (Å²) < 4.78 is 31.2. The molecule has 0 aromatic heterocycles. The average Bonchev–Trinajstić information content (AvgIpc) is 2.39. The molecule has 0 atom stereocenters. The van der Waals surface area contributed by atoms with Crippen LogP contribution in [0.5, 0.6) is 5.75 Å². The first-order chi connectivity index (χ1) is 10.3. The van der Waals surface area contributed by atoms with E-state index in [-0.39, 0.29) is 0 Å². The minimum atomic E-state index is -3.72. The third kappa shape index (κ3) is 8.39. The molecule has 1 aromatic carbocycles. The monoisotopic (exact) mass is 327 g/mol. The second-order valence-electron chi connectivity index (χ2n) is 6.56. The first-order valence-corrected chi connectivity index (χ1v) is 9.47. The SMILES string of the molecule is CC(C)CCCCNS(=O)(=O)Oc1ccc(CC(C)C)cc1. The van der Waals surface area contributed by atoms with Crippen molar-refractivity contribution in [2.45, 2.75) is 53.4 Å². The molecule has 0 aliphatic rings. The Morgan fingerprint density at radius 2 is 1.64 bits per heavy atom. The average molecular weight is 327 g/mol. The van der Waals surface area contributed by atoms with E-state index in [9.17, 15) is 8.42 Å². The van der Waals surface area contributed by atoms with Gasteiger partial charge in [0.25, 0.3) is 0 Å². The van der Waals surface area contributed by atoms with Crippen LogP contribution >= 0.6 is 0 Å². The second kappa shape index (κ2) is 9.16. The highest BCUT2D eigenvalue weighted by Crippen LogP contribution is 2.16. The van der Waals surface area contributed by atoms with Crippen molar-refractivity contribution in [3.8, 4) is 5.75 Å². The minimum Gasteiger partial charge on any atom is -0.371 e. The number of benzene rings is 1. The third-order valence-electron chi connectivity index (χ3n) is 3.26. The van der Waals surface area contributed by atoms with Crippen molar-refractivity contribution in [3.63, 3.8) is 0 Å². The van der Waals surface area contributed by atoms with Crippen LogP contribution in [0.15, 0.2) is 24.3 Å². The third-order valence-corrected chi connectivity index (χ3v) is 4.23. The van der Waals surface area contributed by atoms with Gasteiger partial charge in [-0.2, -0.15) is 13.1 Å². The second-order valence-corrected chi connectivity index (χ2v) is 7.93. The van der Waals surface area contributed by atoms with Crippen LogP contribution in [0.3, 0.4) is 0 Å². The van der Waals surface area contributed by atoms with Gasteiger partial charge < -0.3 is 4.18 Å². The summed E-state index contributed by atoms with van der Waals surface area (Å²) in [4.78, 5) is 0. The van der Waals surface area contributed by atoms with E-state index in [0.717, 1.165) is 25.7 Å². The Morgan fingerprint density at radius 1 is 1.00 bits per heavy atom. The maximum absolute atomic E-state index is 11.8. The standard InChI is InChI=1S/C17H29NO3S/c1-14(2)7-5-6-12-18-22(19,20)21-17-10-8-16(9-11-17)13-15(3)4/h8-11,14-15,18H,5-7,12-13H2,1-4H3. The molecule has 1 aromatic rings. The van der Waals surface area contributed by atoms with Crippen LogP contribution in [0.1, 0.15) is 52.5 Å². The highest BCUT2D eigenvalue weighted by atomic mass is 32.2. The fourth-order valence-electron chi connectivity index (χ4n) is 2.18. The number of rotatable bonds is 10. The number of hydrogen-bond acceptors (Lipinski definition) is 3. The molecule has 0 heterocycles. The lowest BCUT2D eigenvalue weighted by Crippen LogP contribution is -2.29. The molecular weight excluding hydrogens is 298 g/mol. The van der Waals surface area contributed by atoms with E-state index in [2.05, 4.69) is 32.4 Å². The van der Waals surface area contributed by atoms with Gasteiger partial charge in [0, 0.05) is 6.54 Å². The van der Waals surface area contributed by atoms with Crippen molar-refractivity contribution >= 4 is 10.3 Å². The van der Waals surface area contributed by atoms with Gasteiger partial charge in [-0.05, 0) is 42.4 Å². The largest absolute Gasteiger partial charge is 0.382 e. The molecule has 5 heteroatoms. The van der Waals surface area contributed by atoms with E-state index < -0.39 is 10.3 Å². The molecule has 1 rings (SSSR count). The van der Waals surface area contributed by atoms with E-state index in [4.69, 9.17) is 4.18 Å². The Labute approximate surface area is 135 Å². The smallest absolute Gasteiger partial charge is 0.371 e. The van der Waals surface area contributed by atoms with E-state index in [1.54, 1.807) is 12.1 Å². The van der Waals surface area contributed by atoms with Crippen LogP contribution in [0.25, 0.3) is 0 Å². The quantitative estimate of drug-likeness (QED) is 0.663. The fraction of sp³-hybridized carbons (Fsp3) is 0.647. The van der Waals surface area contributed by atoms with Crippen LogP contribution in [0.2, 0.25) is 0 Å². The van der Waals surface area contributed by atoms with Gasteiger partial charge in [-0.1, -0.05) is 52.7 Å². The van der Waals surface area contributed by atoms with Gasteiger partial charge >= 0.3 is 10.3 Å². The Kier molecular flexibility index (Phi) is 7.90. The molecule has 0 aliphatic carbocycles. The molecule has 1 N–H and O–H groups in total. The topological polar surface area (TPSA) is 55.4 Å². The van der Waals surface area contributed by atoms with Crippen molar-refractivity contribution in [3.05, 3.63) is 29.8 Å². The summed E-state index contributed by atoms with van der Waals surface area (Å²) in [5.41, 5.74) is 1.18. The van der Waals surface area contributed by atoms with Crippen molar-refractivity contribution in [2.24, 2.45) is 11.8 Å². The lowest BCUT2D eigenvalue weighted by molar-refractivity contribution is 0.466. The van der Waals surface area contributed by atoms with Gasteiger partial charge in [-0.3, -0.25) is 0 Å². The van der Waals surface area contributed by atoms with Crippen LogP contribution in [0, 0.1) is 11.8 Å². The van der Waals surface area contributed by atoms with Crippen LogP contribution in [0.4, 0.5) is 0 Å². The van der Waals surface area contributed by atoms with Crippen molar-refractivity contribution in [2.75, 3.05) is 6.54 Å².